The van der Waals surface area contributed by atoms with E-state index in [0.717, 1.165) is 0 Å². The van der Waals surface area contributed by atoms with E-state index >= 15 is 0 Å². The number of hydrogen-bond donors (Lipinski definition) is 3. The summed E-state index contributed by atoms with van der Waals surface area (Å²) in [6, 6.07) is 10.5. The lowest BCUT2D eigenvalue weighted by Crippen LogP contribution is -2.13. The maximum Gasteiger partial charge on any atom is 0.248 e. The van der Waals surface area contributed by atoms with Crippen LogP contribution in [0.1, 0.15) is 26.3 Å². The quantitative estimate of drug-likeness (QED) is 0.779. The van der Waals surface area contributed by atoms with E-state index in [4.69, 9.17) is 11.5 Å². The molecule has 0 saturated carbocycles. The van der Waals surface area contributed by atoms with Gasteiger partial charge in [-0.05, 0) is 36.4 Å². The molecule has 0 aliphatic carbocycles. The molecule has 0 unspecified atom stereocenters. The molecule has 2 amide bonds. The molecule has 0 spiro atoms. The molecule has 0 radical (unpaired) electrons. The predicted molar refractivity (Wildman–Crippen MR) is 77.2 cm³/mol. The van der Waals surface area contributed by atoms with Gasteiger partial charge in [-0.2, -0.15) is 0 Å². The van der Waals surface area contributed by atoms with Crippen molar-refractivity contribution >= 4 is 17.5 Å². The number of nitrogens with one attached hydrogen (secondary N) is 1. The van der Waals surface area contributed by atoms with Crippen LogP contribution in [0.15, 0.2) is 42.5 Å². The van der Waals surface area contributed by atoms with Gasteiger partial charge in [-0.15, -0.1) is 0 Å². The largest absolute Gasteiger partial charge is 0.381 e. The smallest absolute Gasteiger partial charge is 0.248 e. The van der Waals surface area contributed by atoms with Gasteiger partial charge >= 0.3 is 0 Å². The topological polar surface area (TPSA) is 98.2 Å². The van der Waals surface area contributed by atoms with Crippen molar-refractivity contribution in [3.05, 3.63) is 65.0 Å². The fraction of sp³-hybridized carbons (Fsp3) is 0.0667. The first-order valence-corrected chi connectivity index (χ1v) is 6.19. The number of benzene rings is 2. The van der Waals surface area contributed by atoms with Crippen molar-refractivity contribution in [1.82, 2.24) is 0 Å². The zero-order valence-corrected chi connectivity index (χ0v) is 11.1. The van der Waals surface area contributed by atoms with E-state index in [9.17, 15) is 14.0 Å². The number of halogens is 1. The van der Waals surface area contributed by atoms with Crippen LogP contribution in [0.5, 0.6) is 0 Å². The van der Waals surface area contributed by atoms with Crippen molar-refractivity contribution in [2.45, 2.75) is 6.54 Å². The molecule has 0 aliphatic heterocycles. The van der Waals surface area contributed by atoms with E-state index in [1.54, 1.807) is 24.3 Å². The zero-order valence-electron chi connectivity index (χ0n) is 11.1. The van der Waals surface area contributed by atoms with Gasteiger partial charge in [0.15, 0.2) is 0 Å². The van der Waals surface area contributed by atoms with Gasteiger partial charge in [0.1, 0.15) is 5.82 Å². The molecule has 108 valence electrons. The normalized spacial score (nSPS) is 10.1. The van der Waals surface area contributed by atoms with Crippen LogP contribution in [0.25, 0.3) is 0 Å². The van der Waals surface area contributed by atoms with Crippen molar-refractivity contribution in [2.24, 2.45) is 11.5 Å². The van der Waals surface area contributed by atoms with Gasteiger partial charge in [-0.1, -0.05) is 6.07 Å². The summed E-state index contributed by atoms with van der Waals surface area (Å²) >= 11 is 0. The van der Waals surface area contributed by atoms with Crippen molar-refractivity contribution in [3.8, 4) is 0 Å². The third-order valence-corrected chi connectivity index (χ3v) is 2.96. The summed E-state index contributed by atoms with van der Waals surface area (Å²) < 4.78 is 13.7. The predicted octanol–water partition coefficient (Wildman–Crippen LogP) is 1.64. The molecule has 5 nitrogen and oxygen atoms in total. The Morgan fingerprint density at radius 2 is 1.67 bits per heavy atom. The Morgan fingerprint density at radius 3 is 2.33 bits per heavy atom. The second-order valence-corrected chi connectivity index (χ2v) is 4.47. The highest BCUT2D eigenvalue weighted by Crippen LogP contribution is 2.15. The molecule has 2 rings (SSSR count). The summed E-state index contributed by atoms with van der Waals surface area (Å²) in [6.07, 6.45) is 0. The molecular weight excluding hydrogens is 273 g/mol. The molecule has 0 aliphatic rings. The van der Waals surface area contributed by atoms with Crippen molar-refractivity contribution in [3.63, 3.8) is 0 Å². The maximum atomic E-state index is 13.7. The second-order valence-electron chi connectivity index (χ2n) is 4.47. The van der Waals surface area contributed by atoms with Crippen LogP contribution >= 0.6 is 0 Å². The minimum Gasteiger partial charge on any atom is -0.381 e. The fourth-order valence-electron chi connectivity index (χ4n) is 1.84. The first-order valence-electron chi connectivity index (χ1n) is 6.19. The highest BCUT2D eigenvalue weighted by atomic mass is 19.1. The van der Waals surface area contributed by atoms with Crippen LogP contribution in [0.3, 0.4) is 0 Å². The Labute approximate surface area is 120 Å². The van der Waals surface area contributed by atoms with Gasteiger partial charge in [-0.25, -0.2) is 4.39 Å². The molecule has 0 fully saturated rings. The van der Waals surface area contributed by atoms with Crippen LogP contribution in [-0.4, -0.2) is 11.8 Å². The van der Waals surface area contributed by atoms with Crippen molar-refractivity contribution < 1.29 is 14.0 Å². The lowest BCUT2D eigenvalue weighted by molar-refractivity contribution is 0.0991. The molecular formula is C15H14FN3O2. The summed E-state index contributed by atoms with van der Waals surface area (Å²) in [5.74, 6) is -1.61. The molecule has 6 heteroatoms. The molecule has 21 heavy (non-hydrogen) atoms. The summed E-state index contributed by atoms with van der Waals surface area (Å²) in [5, 5.41) is 2.96. The van der Waals surface area contributed by atoms with Gasteiger partial charge in [0.25, 0.3) is 0 Å². The Kier molecular flexibility index (Phi) is 4.18. The first-order chi connectivity index (χ1) is 9.97. The fourth-order valence-corrected chi connectivity index (χ4v) is 1.84. The van der Waals surface area contributed by atoms with E-state index in [1.165, 1.54) is 18.2 Å². The maximum absolute atomic E-state index is 13.7. The van der Waals surface area contributed by atoms with E-state index in [2.05, 4.69) is 5.32 Å². The van der Waals surface area contributed by atoms with E-state index < -0.39 is 17.6 Å². The van der Waals surface area contributed by atoms with E-state index in [-0.39, 0.29) is 12.1 Å². The summed E-state index contributed by atoms with van der Waals surface area (Å²) in [5.41, 5.74) is 11.9. The van der Waals surface area contributed by atoms with Crippen molar-refractivity contribution in [1.29, 1.82) is 0 Å². The van der Waals surface area contributed by atoms with Gasteiger partial charge in [0.05, 0.1) is 0 Å². The molecule has 0 aromatic heterocycles. The Bertz CT molecular complexity index is 701. The summed E-state index contributed by atoms with van der Waals surface area (Å²) in [7, 11) is 0. The molecule has 2 aromatic rings. The molecule has 0 saturated heterocycles. The lowest BCUT2D eigenvalue weighted by Gasteiger charge is -2.09. The zero-order chi connectivity index (χ0) is 15.4. The minimum absolute atomic E-state index is 0.148. The van der Waals surface area contributed by atoms with Crippen LogP contribution in [-0.2, 0) is 6.54 Å². The minimum atomic E-state index is -0.619. The molecule has 0 atom stereocenters. The third kappa shape index (κ3) is 3.56. The number of amides is 2. The number of rotatable bonds is 5. The van der Waals surface area contributed by atoms with Gasteiger partial charge in [-0.3, -0.25) is 9.59 Å². The van der Waals surface area contributed by atoms with Crippen LogP contribution in [0.2, 0.25) is 0 Å². The summed E-state index contributed by atoms with van der Waals surface area (Å²) in [4.78, 5) is 22.2. The van der Waals surface area contributed by atoms with Crippen LogP contribution in [0.4, 0.5) is 10.1 Å². The van der Waals surface area contributed by atoms with E-state index in [0.29, 0.717) is 16.8 Å². The molecule has 0 heterocycles. The first kappa shape index (κ1) is 14.5. The van der Waals surface area contributed by atoms with Gasteiger partial charge < -0.3 is 16.8 Å². The number of primary amides is 2. The number of carbonyl (C=O) groups is 2. The highest BCUT2D eigenvalue weighted by molar-refractivity contribution is 5.94. The van der Waals surface area contributed by atoms with Gasteiger partial charge in [0.2, 0.25) is 11.8 Å². The Morgan fingerprint density at radius 1 is 1.00 bits per heavy atom. The number of nitrogens with two attached hydrogens (primary N) is 2. The van der Waals surface area contributed by atoms with Crippen LogP contribution < -0.4 is 16.8 Å². The SMILES string of the molecule is NC(=O)c1cccc(NCc2cc(C(N)=O)ccc2F)c1. The number of hydrogen-bond acceptors (Lipinski definition) is 3. The molecule has 2 aromatic carbocycles. The van der Waals surface area contributed by atoms with Gasteiger partial charge in [0, 0.05) is 28.9 Å². The monoisotopic (exact) mass is 287 g/mol. The average Bonchev–Trinajstić information content (AvgIpc) is 2.46. The Balaban J connectivity index is 2.16. The van der Waals surface area contributed by atoms with E-state index in [1.807, 2.05) is 0 Å². The summed E-state index contributed by atoms with van der Waals surface area (Å²) in [6.45, 7) is 0.148. The Hall–Kier alpha value is -2.89. The molecule has 5 N–H and O–H groups in total. The standard InChI is InChI=1S/C15H14FN3O2/c16-13-5-4-10(15(18)21)6-11(13)8-19-12-3-1-2-9(7-12)14(17)20/h1-7,19H,8H2,(H2,17,20)(H2,18,21). The number of carbonyl (C=O) groups excluding carboxylic acids is 2. The van der Waals surface area contributed by atoms with Crippen molar-refractivity contribution in [2.75, 3.05) is 5.32 Å². The second kappa shape index (κ2) is 6.04. The third-order valence-electron chi connectivity index (χ3n) is 2.96. The average molecular weight is 287 g/mol. The van der Waals surface area contributed by atoms with Crippen LogP contribution in [0, 0.1) is 5.82 Å². The molecule has 0 bridgehead atoms. The lowest BCUT2D eigenvalue weighted by atomic mass is 10.1. The highest BCUT2D eigenvalue weighted by Gasteiger charge is 2.07. The number of anilines is 1.